The van der Waals surface area contributed by atoms with Gasteiger partial charge in [0, 0.05) is 32.8 Å². The van der Waals surface area contributed by atoms with Crippen molar-refractivity contribution in [2.45, 2.75) is 97.5 Å². The van der Waals surface area contributed by atoms with Gasteiger partial charge in [-0.05, 0) is 63.7 Å². The van der Waals surface area contributed by atoms with Crippen LogP contribution in [0.4, 0.5) is 0 Å². The fourth-order valence-corrected chi connectivity index (χ4v) is 3.82. The van der Waals surface area contributed by atoms with Crippen LogP contribution in [0.15, 0.2) is 4.99 Å². The molecule has 0 radical (unpaired) electrons. The van der Waals surface area contributed by atoms with E-state index in [1.54, 1.807) is 0 Å². The first-order valence-electron chi connectivity index (χ1n) is 11.4. The summed E-state index contributed by atoms with van der Waals surface area (Å²) >= 11 is 0. The van der Waals surface area contributed by atoms with E-state index < -0.39 is 0 Å². The standard InChI is InChI=1S/C22H45N3O2/c1-4-22(5-2,15-17-26)19-25-21(23-6-3)24-16-11-8-12-18-27-20-13-9-7-10-14-20/h20,26H,4-19H2,1-3H3,(H2,23,24,25). The molecule has 27 heavy (non-hydrogen) atoms. The van der Waals surface area contributed by atoms with E-state index in [0.29, 0.717) is 6.10 Å². The molecular formula is C22H45N3O2. The summed E-state index contributed by atoms with van der Waals surface area (Å²) in [6.07, 6.45) is 13.5. The van der Waals surface area contributed by atoms with Gasteiger partial charge >= 0.3 is 0 Å². The number of hydrogen-bond acceptors (Lipinski definition) is 3. The van der Waals surface area contributed by atoms with Crippen molar-refractivity contribution in [3.8, 4) is 0 Å². The molecule has 0 spiro atoms. The van der Waals surface area contributed by atoms with Crippen molar-refractivity contribution in [3.05, 3.63) is 0 Å². The first-order valence-corrected chi connectivity index (χ1v) is 11.4. The summed E-state index contributed by atoms with van der Waals surface area (Å²) in [7, 11) is 0. The molecule has 5 nitrogen and oxygen atoms in total. The minimum atomic E-state index is 0.119. The lowest BCUT2D eigenvalue weighted by Crippen LogP contribution is -2.39. The highest BCUT2D eigenvalue weighted by Crippen LogP contribution is 2.30. The molecule has 160 valence electrons. The molecule has 0 aromatic carbocycles. The normalized spacial score (nSPS) is 16.5. The summed E-state index contributed by atoms with van der Waals surface area (Å²) in [6.45, 7) is 10.2. The molecule has 0 atom stereocenters. The first-order chi connectivity index (χ1) is 13.2. The topological polar surface area (TPSA) is 65.9 Å². The molecule has 0 bridgehead atoms. The predicted octanol–water partition coefficient (Wildman–Crippen LogP) is 4.25. The molecule has 1 aliphatic carbocycles. The Kier molecular flexibility index (Phi) is 13.6. The van der Waals surface area contributed by atoms with Crippen LogP contribution in [0.2, 0.25) is 0 Å². The molecule has 5 heteroatoms. The van der Waals surface area contributed by atoms with Gasteiger partial charge in [0.05, 0.1) is 6.10 Å². The summed E-state index contributed by atoms with van der Waals surface area (Å²) in [5, 5.41) is 16.2. The number of ether oxygens (including phenoxy) is 1. The molecule has 0 unspecified atom stereocenters. The van der Waals surface area contributed by atoms with E-state index in [0.717, 1.165) is 64.3 Å². The van der Waals surface area contributed by atoms with Crippen LogP contribution < -0.4 is 10.6 Å². The van der Waals surface area contributed by atoms with Gasteiger partial charge in [0.1, 0.15) is 0 Å². The third-order valence-corrected chi connectivity index (χ3v) is 6.08. The second-order valence-electron chi connectivity index (χ2n) is 7.99. The lowest BCUT2D eigenvalue weighted by atomic mass is 9.79. The number of nitrogens with one attached hydrogen (secondary N) is 2. The Hall–Kier alpha value is -0.810. The van der Waals surface area contributed by atoms with Gasteiger partial charge in [-0.2, -0.15) is 0 Å². The summed E-state index contributed by atoms with van der Waals surface area (Å²) in [5.41, 5.74) is 0.119. The molecule has 0 aromatic heterocycles. The van der Waals surface area contributed by atoms with Crippen LogP contribution in [0.25, 0.3) is 0 Å². The SMILES string of the molecule is CCNC(=NCC(CC)(CC)CCO)NCCCCCOC1CCCCC1. The van der Waals surface area contributed by atoms with E-state index in [-0.39, 0.29) is 12.0 Å². The Morgan fingerprint density at radius 3 is 2.41 bits per heavy atom. The number of guanidine groups is 1. The number of aliphatic imine (C=N–C) groups is 1. The molecular weight excluding hydrogens is 338 g/mol. The Morgan fingerprint density at radius 1 is 1.04 bits per heavy atom. The zero-order chi connectivity index (χ0) is 19.8. The second-order valence-corrected chi connectivity index (χ2v) is 7.99. The average Bonchev–Trinajstić information content (AvgIpc) is 2.71. The van der Waals surface area contributed by atoms with Crippen molar-refractivity contribution < 1.29 is 9.84 Å². The number of aliphatic hydroxyl groups excluding tert-OH is 1. The van der Waals surface area contributed by atoms with Crippen LogP contribution in [-0.4, -0.2) is 50.0 Å². The number of aliphatic hydroxyl groups is 1. The van der Waals surface area contributed by atoms with Crippen LogP contribution in [0, 0.1) is 5.41 Å². The summed E-state index contributed by atoms with van der Waals surface area (Å²) in [5.74, 6) is 0.903. The largest absolute Gasteiger partial charge is 0.396 e. The minimum Gasteiger partial charge on any atom is -0.396 e. The van der Waals surface area contributed by atoms with Gasteiger partial charge in [0.25, 0.3) is 0 Å². The molecule has 1 aliphatic rings. The maximum absolute atomic E-state index is 9.37. The van der Waals surface area contributed by atoms with Crippen LogP contribution in [-0.2, 0) is 4.74 Å². The lowest BCUT2D eigenvalue weighted by molar-refractivity contribution is 0.0264. The monoisotopic (exact) mass is 383 g/mol. The second kappa shape index (κ2) is 15.2. The number of unbranched alkanes of at least 4 members (excludes halogenated alkanes) is 2. The van der Waals surface area contributed by atoms with E-state index in [1.165, 1.54) is 38.5 Å². The van der Waals surface area contributed by atoms with Gasteiger partial charge in [-0.15, -0.1) is 0 Å². The van der Waals surface area contributed by atoms with Crippen molar-refractivity contribution >= 4 is 5.96 Å². The van der Waals surface area contributed by atoms with Crippen LogP contribution in [0.5, 0.6) is 0 Å². The van der Waals surface area contributed by atoms with E-state index >= 15 is 0 Å². The fraction of sp³-hybridized carbons (Fsp3) is 0.955. The highest BCUT2D eigenvalue weighted by atomic mass is 16.5. The van der Waals surface area contributed by atoms with Crippen molar-refractivity contribution in [2.75, 3.05) is 32.8 Å². The third kappa shape index (κ3) is 10.3. The van der Waals surface area contributed by atoms with Crippen molar-refractivity contribution in [3.63, 3.8) is 0 Å². The number of rotatable bonds is 14. The van der Waals surface area contributed by atoms with E-state index in [1.807, 2.05) is 0 Å². The van der Waals surface area contributed by atoms with Gasteiger partial charge in [0.2, 0.25) is 0 Å². The van der Waals surface area contributed by atoms with Crippen LogP contribution in [0.1, 0.15) is 91.4 Å². The fourth-order valence-electron chi connectivity index (χ4n) is 3.82. The molecule has 0 aliphatic heterocycles. The average molecular weight is 384 g/mol. The van der Waals surface area contributed by atoms with Gasteiger partial charge in [0.15, 0.2) is 5.96 Å². The Morgan fingerprint density at radius 2 is 1.78 bits per heavy atom. The quantitative estimate of drug-likeness (QED) is 0.238. The van der Waals surface area contributed by atoms with E-state index in [2.05, 4.69) is 31.4 Å². The maximum atomic E-state index is 9.37. The van der Waals surface area contributed by atoms with Crippen LogP contribution in [0.3, 0.4) is 0 Å². The minimum absolute atomic E-state index is 0.119. The summed E-state index contributed by atoms with van der Waals surface area (Å²) in [4.78, 5) is 4.80. The number of hydrogen-bond donors (Lipinski definition) is 3. The lowest BCUT2D eigenvalue weighted by Gasteiger charge is -2.29. The first kappa shape index (κ1) is 24.2. The molecule has 0 amide bonds. The predicted molar refractivity (Wildman–Crippen MR) is 115 cm³/mol. The number of nitrogens with zero attached hydrogens (tertiary/aromatic N) is 1. The van der Waals surface area contributed by atoms with Crippen molar-refractivity contribution in [2.24, 2.45) is 10.4 Å². The summed E-state index contributed by atoms with van der Waals surface area (Å²) < 4.78 is 6.00. The molecule has 0 aromatic rings. The highest BCUT2D eigenvalue weighted by molar-refractivity contribution is 5.79. The zero-order valence-corrected chi connectivity index (χ0v) is 18.2. The molecule has 0 heterocycles. The van der Waals surface area contributed by atoms with Crippen LogP contribution >= 0.6 is 0 Å². The molecule has 0 saturated heterocycles. The Labute approximate surface area is 167 Å². The van der Waals surface area contributed by atoms with Gasteiger partial charge < -0.3 is 20.5 Å². The molecule has 3 N–H and O–H groups in total. The third-order valence-electron chi connectivity index (χ3n) is 6.08. The van der Waals surface area contributed by atoms with Gasteiger partial charge in [-0.1, -0.05) is 33.1 Å². The maximum Gasteiger partial charge on any atom is 0.191 e. The smallest absolute Gasteiger partial charge is 0.191 e. The van der Waals surface area contributed by atoms with Crippen molar-refractivity contribution in [1.82, 2.24) is 10.6 Å². The van der Waals surface area contributed by atoms with Gasteiger partial charge in [-0.25, -0.2) is 0 Å². The molecule has 1 fully saturated rings. The Balaban J connectivity index is 2.22. The zero-order valence-electron chi connectivity index (χ0n) is 18.2. The highest BCUT2D eigenvalue weighted by Gasteiger charge is 2.25. The van der Waals surface area contributed by atoms with Gasteiger partial charge in [-0.3, -0.25) is 4.99 Å². The summed E-state index contributed by atoms with van der Waals surface area (Å²) in [6, 6.07) is 0. The molecule has 1 saturated carbocycles. The Bertz CT molecular complexity index is 378. The van der Waals surface area contributed by atoms with E-state index in [9.17, 15) is 5.11 Å². The van der Waals surface area contributed by atoms with Crippen molar-refractivity contribution in [1.29, 1.82) is 0 Å². The van der Waals surface area contributed by atoms with E-state index in [4.69, 9.17) is 9.73 Å². The molecule has 1 rings (SSSR count).